The van der Waals surface area contributed by atoms with Crippen molar-refractivity contribution in [1.82, 2.24) is 4.57 Å². The summed E-state index contributed by atoms with van der Waals surface area (Å²) < 4.78 is 13.2. The van der Waals surface area contributed by atoms with Crippen LogP contribution < -0.4 is 19.6 Å². The van der Waals surface area contributed by atoms with E-state index in [0.717, 1.165) is 22.5 Å². The summed E-state index contributed by atoms with van der Waals surface area (Å²) in [5.41, 5.74) is 2.75. The fraction of sp³-hybridized carbons (Fsp3) is 0.194. The van der Waals surface area contributed by atoms with Crippen molar-refractivity contribution in [3.8, 4) is 5.75 Å². The van der Waals surface area contributed by atoms with Crippen LogP contribution >= 0.6 is 50.5 Å². The average Bonchev–Trinajstić information content (AvgIpc) is 3.26. The lowest BCUT2D eigenvalue weighted by molar-refractivity contribution is -0.386. The lowest BCUT2D eigenvalue weighted by Crippen LogP contribution is -2.39. The van der Waals surface area contributed by atoms with Crippen molar-refractivity contribution in [3.63, 3.8) is 0 Å². The van der Waals surface area contributed by atoms with E-state index in [2.05, 4.69) is 20.9 Å². The van der Waals surface area contributed by atoms with E-state index in [9.17, 15) is 19.7 Å². The molecule has 3 aromatic carbocycles. The number of benzene rings is 3. The minimum atomic E-state index is -0.760. The van der Waals surface area contributed by atoms with Crippen molar-refractivity contribution in [1.29, 1.82) is 0 Å². The Labute approximate surface area is 274 Å². The van der Waals surface area contributed by atoms with Crippen molar-refractivity contribution >= 4 is 68.2 Å². The number of nitro benzene ring substituents is 1. The summed E-state index contributed by atoms with van der Waals surface area (Å²) >= 11 is 16.7. The lowest BCUT2D eigenvalue weighted by Gasteiger charge is -2.24. The molecule has 0 amide bonds. The van der Waals surface area contributed by atoms with Gasteiger partial charge in [-0.1, -0.05) is 70.4 Å². The molecule has 0 spiro atoms. The van der Waals surface area contributed by atoms with E-state index in [4.69, 9.17) is 32.7 Å². The molecule has 0 aliphatic carbocycles. The van der Waals surface area contributed by atoms with Crippen LogP contribution in [0.4, 0.5) is 5.69 Å². The number of aromatic nitrogens is 1. The first-order chi connectivity index (χ1) is 21.0. The number of fused-ring (bicyclic) bond motifs is 1. The van der Waals surface area contributed by atoms with Gasteiger partial charge in [0.1, 0.15) is 6.61 Å². The average molecular weight is 717 g/mol. The van der Waals surface area contributed by atoms with Gasteiger partial charge >= 0.3 is 11.7 Å². The largest absolute Gasteiger partial charge is 0.481 e. The number of carbonyl (C=O) groups excluding carboxylic acids is 1. The zero-order valence-electron chi connectivity index (χ0n) is 23.6. The number of rotatable bonds is 8. The highest BCUT2D eigenvalue weighted by atomic mass is 79.9. The first kappa shape index (κ1) is 31.6. The molecule has 1 aromatic heterocycles. The molecule has 0 saturated carbocycles. The van der Waals surface area contributed by atoms with Crippen LogP contribution in [0, 0.1) is 17.0 Å². The van der Waals surface area contributed by atoms with E-state index in [1.807, 2.05) is 31.2 Å². The number of allylic oxidation sites excluding steroid dienone is 1. The number of aryl methyl sites for hydroxylation is 1. The van der Waals surface area contributed by atoms with Crippen molar-refractivity contribution in [3.05, 3.63) is 132 Å². The molecule has 0 N–H and O–H groups in total. The molecule has 1 aliphatic heterocycles. The summed E-state index contributed by atoms with van der Waals surface area (Å²) in [5.74, 6) is -0.544. The van der Waals surface area contributed by atoms with Crippen molar-refractivity contribution in [2.75, 3.05) is 6.61 Å². The SMILES string of the molecule is CCOC(=O)C1=C(C)N=c2s/c(=C\c3cc(Br)c(OCc4ccc(Cl)cc4Cl)c([N+](=O)[O-])c3)c(=O)n2[C@@H]1c1ccc(C)cc1. The molecule has 13 heteroatoms. The van der Waals surface area contributed by atoms with E-state index >= 15 is 0 Å². The molecule has 0 saturated heterocycles. The van der Waals surface area contributed by atoms with Crippen LogP contribution in [0.2, 0.25) is 10.0 Å². The number of halogens is 3. The Morgan fingerprint density at radius 2 is 1.89 bits per heavy atom. The fourth-order valence-electron chi connectivity index (χ4n) is 4.76. The number of ether oxygens (including phenoxy) is 2. The monoisotopic (exact) mass is 715 g/mol. The Bertz CT molecular complexity index is 2020. The predicted molar refractivity (Wildman–Crippen MR) is 173 cm³/mol. The third-order valence-electron chi connectivity index (χ3n) is 6.84. The molecule has 1 aliphatic rings. The zero-order valence-corrected chi connectivity index (χ0v) is 27.5. The van der Waals surface area contributed by atoms with Crippen molar-refractivity contribution < 1.29 is 19.2 Å². The molecule has 2 heterocycles. The maximum absolute atomic E-state index is 13.9. The second-order valence-electron chi connectivity index (χ2n) is 9.85. The van der Waals surface area contributed by atoms with Gasteiger partial charge in [0.15, 0.2) is 4.80 Å². The molecule has 0 radical (unpaired) electrons. The van der Waals surface area contributed by atoms with Crippen molar-refractivity contribution in [2.45, 2.75) is 33.4 Å². The molecule has 44 heavy (non-hydrogen) atoms. The topological polar surface area (TPSA) is 113 Å². The highest BCUT2D eigenvalue weighted by Crippen LogP contribution is 2.38. The van der Waals surface area contributed by atoms with Crippen LogP contribution in [0.3, 0.4) is 0 Å². The number of nitro groups is 1. The zero-order chi connectivity index (χ0) is 31.7. The Morgan fingerprint density at radius 3 is 2.55 bits per heavy atom. The second kappa shape index (κ2) is 13.1. The van der Waals surface area contributed by atoms with Crippen LogP contribution in [-0.2, 0) is 16.1 Å². The minimum Gasteiger partial charge on any atom is -0.481 e. The second-order valence-corrected chi connectivity index (χ2v) is 12.6. The van der Waals surface area contributed by atoms with Crippen LogP contribution in [0.1, 0.15) is 42.1 Å². The van der Waals surface area contributed by atoms with Gasteiger partial charge in [0.25, 0.3) is 5.56 Å². The first-order valence-corrected chi connectivity index (χ1v) is 15.7. The van der Waals surface area contributed by atoms with Crippen LogP contribution in [-0.4, -0.2) is 22.1 Å². The third-order valence-corrected chi connectivity index (χ3v) is 9.00. The van der Waals surface area contributed by atoms with E-state index < -0.39 is 22.5 Å². The van der Waals surface area contributed by atoms with Gasteiger partial charge in [-0.25, -0.2) is 9.79 Å². The summed E-state index contributed by atoms with van der Waals surface area (Å²) in [4.78, 5) is 43.4. The Balaban J connectivity index is 1.59. The van der Waals surface area contributed by atoms with Crippen molar-refractivity contribution in [2.24, 2.45) is 4.99 Å². The number of hydrogen-bond donors (Lipinski definition) is 0. The quantitative estimate of drug-likeness (QED) is 0.115. The van der Waals surface area contributed by atoms with Crippen LogP contribution in [0.25, 0.3) is 6.08 Å². The highest BCUT2D eigenvalue weighted by molar-refractivity contribution is 9.10. The third kappa shape index (κ3) is 6.37. The summed E-state index contributed by atoms with van der Waals surface area (Å²) in [6.07, 6.45) is 1.55. The number of carbonyl (C=O) groups is 1. The Morgan fingerprint density at radius 1 is 1.16 bits per heavy atom. The number of nitrogens with zero attached hydrogens (tertiary/aromatic N) is 3. The molecule has 0 fully saturated rings. The van der Waals surface area contributed by atoms with Gasteiger partial charge in [-0.3, -0.25) is 19.5 Å². The number of thiazole rings is 1. The summed E-state index contributed by atoms with van der Waals surface area (Å²) in [6.45, 7) is 5.50. The van der Waals surface area contributed by atoms with E-state index in [1.54, 1.807) is 44.2 Å². The van der Waals surface area contributed by atoms with E-state index in [0.29, 0.717) is 36.1 Å². The van der Waals surface area contributed by atoms with E-state index in [1.165, 1.54) is 10.6 Å². The van der Waals surface area contributed by atoms with Gasteiger partial charge in [0.05, 0.1) is 37.8 Å². The van der Waals surface area contributed by atoms with Gasteiger partial charge in [0.2, 0.25) is 5.75 Å². The Kier molecular flexibility index (Phi) is 9.40. The molecule has 0 unspecified atom stereocenters. The maximum Gasteiger partial charge on any atom is 0.338 e. The van der Waals surface area contributed by atoms with Gasteiger partial charge in [-0.2, -0.15) is 0 Å². The van der Waals surface area contributed by atoms with Crippen LogP contribution in [0.5, 0.6) is 5.75 Å². The van der Waals surface area contributed by atoms with Gasteiger partial charge < -0.3 is 9.47 Å². The highest BCUT2D eigenvalue weighted by Gasteiger charge is 2.33. The molecule has 1 atom stereocenters. The first-order valence-electron chi connectivity index (χ1n) is 13.3. The standard InChI is InChI=1S/C31H24BrCl2N3O6S/c1-4-42-30(39)26-17(3)35-31-36(27(26)19-7-5-16(2)6-8-19)29(38)25(44-31)13-18-11-22(32)28(24(12-18)37(40)41)43-15-20-9-10-21(33)14-23(20)34/h5-14,27H,4,15H2,1-3H3/b25-13-/t27-/m1/s1. The number of hydrogen-bond acceptors (Lipinski definition) is 8. The molecular formula is C31H24BrCl2N3O6S. The number of esters is 1. The predicted octanol–water partition coefficient (Wildman–Crippen LogP) is 6.66. The summed E-state index contributed by atoms with van der Waals surface area (Å²) in [7, 11) is 0. The fourth-order valence-corrected chi connectivity index (χ4v) is 6.85. The maximum atomic E-state index is 13.9. The summed E-state index contributed by atoms with van der Waals surface area (Å²) in [5, 5.41) is 12.9. The van der Waals surface area contributed by atoms with Gasteiger partial charge in [-0.15, -0.1) is 0 Å². The molecule has 4 aromatic rings. The van der Waals surface area contributed by atoms with Gasteiger partial charge in [-0.05, 0) is 72.1 Å². The smallest absolute Gasteiger partial charge is 0.338 e. The molecule has 226 valence electrons. The van der Waals surface area contributed by atoms with Gasteiger partial charge in [0, 0.05) is 21.7 Å². The minimum absolute atomic E-state index is 0.00806. The lowest BCUT2D eigenvalue weighted by atomic mass is 9.95. The van der Waals surface area contributed by atoms with Crippen LogP contribution in [0.15, 0.2) is 80.1 Å². The van der Waals surface area contributed by atoms with E-state index in [-0.39, 0.29) is 34.8 Å². The molecule has 0 bridgehead atoms. The normalized spacial score (nSPS) is 14.7. The summed E-state index contributed by atoms with van der Waals surface area (Å²) in [6, 6.07) is 14.6. The molecule has 9 nitrogen and oxygen atoms in total. The molecular weight excluding hydrogens is 693 g/mol. The Hall–Kier alpha value is -3.77. The molecule has 5 rings (SSSR count).